The molecule has 0 aliphatic rings. The van der Waals surface area contributed by atoms with E-state index < -0.39 is 16.0 Å². The van der Waals surface area contributed by atoms with E-state index in [1.54, 1.807) is 0 Å². The Hall–Kier alpha value is -2.04. The van der Waals surface area contributed by atoms with Crippen molar-refractivity contribution in [2.45, 2.75) is 17.7 Å². The topological polar surface area (TPSA) is 107 Å². The molecule has 0 amide bonds. The van der Waals surface area contributed by atoms with Gasteiger partial charge in [-0.1, -0.05) is 0 Å². The lowest BCUT2D eigenvalue weighted by Crippen LogP contribution is -2.15. The third-order valence-corrected chi connectivity index (χ3v) is 3.15. The maximum atomic E-state index is 11.4. The largest absolute Gasteiger partial charge is 0.492 e. The van der Waals surface area contributed by atoms with E-state index in [-0.39, 0.29) is 22.8 Å². The number of hydrogen-bond donors (Lipinski definition) is 2. The number of carboxylic acids is 1. The van der Waals surface area contributed by atoms with E-state index in [0.717, 1.165) is 6.07 Å². The fourth-order valence-corrected chi connectivity index (χ4v) is 2.04. The molecule has 0 saturated heterocycles. The number of hydrogen-bond acceptors (Lipinski definition) is 4. The van der Waals surface area contributed by atoms with Gasteiger partial charge < -0.3 is 9.84 Å². The van der Waals surface area contributed by atoms with Crippen LogP contribution in [0.2, 0.25) is 0 Å². The zero-order chi connectivity index (χ0) is 14.5. The number of aromatic carboxylic acids is 1. The number of rotatable bonds is 6. The van der Waals surface area contributed by atoms with Crippen molar-refractivity contribution in [1.29, 1.82) is 0 Å². The Bertz CT molecular complexity index is 615. The van der Waals surface area contributed by atoms with E-state index in [1.807, 2.05) is 0 Å². The van der Waals surface area contributed by atoms with Gasteiger partial charge in [-0.3, -0.25) is 0 Å². The van der Waals surface area contributed by atoms with Gasteiger partial charge in [-0.25, -0.2) is 18.4 Å². The monoisotopic (exact) mass is 283 g/mol. The van der Waals surface area contributed by atoms with Crippen molar-refractivity contribution < 1.29 is 23.1 Å². The highest BCUT2D eigenvalue weighted by molar-refractivity contribution is 7.89. The minimum Gasteiger partial charge on any atom is -0.492 e. The lowest BCUT2D eigenvalue weighted by molar-refractivity contribution is 0.0696. The molecule has 0 aliphatic carbocycles. The molecule has 102 valence electrons. The van der Waals surface area contributed by atoms with Crippen LogP contribution in [0.3, 0.4) is 0 Å². The number of unbranched alkanes of at least 4 members (excludes halogenated alkanes) is 1. The molecule has 0 aliphatic heterocycles. The quantitative estimate of drug-likeness (QED) is 0.594. The predicted molar refractivity (Wildman–Crippen MR) is 68.3 cm³/mol. The van der Waals surface area contributed by atoms with Gasteiger partial charge in [-0.2, -0.15) is 0 Å². The molecule has 1 rings (SSSR count). The van der Waals surface area contributed by atoms with E-state index in [0.29, 0.717) is 12.8 Å². The lowest BCUT2D eigenvalue weighted by atomic mass is 10.2. The highest BCUT2D eigenvalue weighted by Crippen LogP contribution is 2.24. The zero-order valence-corrected chi connectivity index (χ0v) is 10.8. The summed E-state index contributed by atoms with van der Waals surface area (Å²) in [5.41, 5.74) is -0.181. The second-order valence-electron chi connectivity index (χ2n) is 3.67. The van der Waals surface area contributed by atoms with E-state index in [2.05, 4.69) is 5.92 Å². The number of carbonyl (C=O) groups is 1. The maximum Gasteiger partial charge on any atom is 0.335 e. The highest BCUT2D eigenvalue weighted by atomic mass is 32.2. The van der Waals surface area contributed by atoms with Crippen molar-refractivity contribution >= 4 is 16.0 Å². The molecule has 1 aromatic carbocycles. The summed E-state index contributed by atoms with van der Waals surface area (Å²) in [5, 5.41) is 13.8. The summed E-state index contributed by atoms with van der Waals surface area (Å²) >= 11 is 0. The molecule has 3 N–H and O–H groups in total. The molecule has 0 saturated carbocycles. The van der Waals surface area contributed by atoms with Gasteiger partial charge >= 0.3 is 5.97 Å². The number of sulfonamides is 1. The Labute approximate surface area is 111 Å². The second-order valence-corrected chi connectivity index (χ2v) is 5.20. The standard InChI is InChI=1S/C12H13NO5S/c1-2-3-4-7-18-10-6-5-9(12(14)15)8-11(10)19(13,16)17/h1,5-6,8H,3-4,7H2,(H,14,15)(H2,13,16,17). The third-order valence-electron chi connectivity index (χ3n) is 2.22. The molecule has 0 unspecified atom stereocenters. The van der Waals surface area contributed by atoms with Crippen molar-refractivity contribution in [3.63, 3.8) is 0 Å². The predicted octanol–water partition coefficient (Wildman–Crippen LogP) is 0.824. The van der Waals surface area contributed by atoms with Crippen LogP contribution in [0.15, 0.2) is 23.1 Å². The van der Waals surface area contributed by atoms with Crippen molar-refractivity contribution in [2.24, 2.45) is 5.14 Å². The van der Waals surface area contributed by atoms with Crippen molar-refractivity contribution in [3.8, 4) is 18.1 Å². The summed E-state index contributed by atoms with van der Waals surface area (Å²) in [6.07, 6.45) is 6.13. The second kappa shape index (κ2) is 6.22. The normalized spacial score (nSPS) is 10.7. The first kappa shape index (κ1) is 15.0. The molecule has 19 heavy (non-hydrogen) atoms. The first-order valence-electron chi connectivity index (χ1n) is 5.32. The average molecular weight is 283 g/mol. The zero-order valence-electron chi connectivity index (χ0n) is 10.00. The maximum absolute atomic E-state index is 11.4. The van der Waals surface area contributed by atoms with Crippen LogP contribution in [0.5, 0.6) is 5.75 Å². The van der Waals surface area contributed by atoms with Crippen LogP contribution in [0.25, 0.3) is 0 Å². The van der Waals surface area contributed by atoms with Crippen molar-refractivity contribution in [1.82, 2.24) is 0 Å². The molecule has 6 nitrogen and oxygen atoms in total. The van der Waals surface area contributed by atoms with Gasteiger partial charge in [0.2, 0.25) is 10.0 Å². The van der Waals surface area contributed by atoms with Gasteiger partial charge in [0, 0.05) is 6.42 Å². The number of ether oxygens (including phenoxy) is 1. The van der Waals surface area contributed by atoms with Crippen molar-refractivity contribution in [2.75, 3.05) is 6.61 Å². The number of carboxylic acid groups (broad SMARTS) is 1. The first-order chi connectivity index (χ1) is 8.86. The van der Waals surface area contributed by atoms with Gasteiger partial charge in [0.1, 0.15) is 10.6 Å². The van der Waals surface area contributed by atoms with Crippen LogP contribution in [-0.4, -0.2) is 26.1 Å². The molecule has 0 fully saturated rings. The fourth-order valence-electron chi connectivity index (χ4n) is 1.34. The Morgan fingerprint density at radius 2 is 2.16 bits per heavy atom. The summed E-state index contributed by atoms with van der Waals surface area (Å²) in [4.78, 5) is 10.4. The van der Waals surface area contributed by atoms with Crippen LogP contribution < -0.4 is 9.88 Å². The smallest absolute Gasteiger partial charge is 0.335 e. The Morgan fingerprint density at radius 3 is 2.68 bits per heavy atom. The van der Waals surface area contributed by atoms with Gasteiger partial charge in [0.05, 0.1) is 12.2 Å². The Morgan fingerprint density at radius 1 is 1.47 bits per heavy atom. The van der Waals surface area contributed by atoms with Gasteiger partial charge in [-0.05, 0) is 24.6 Å². The third kappa shape index (κ3) is 4.28. The molecule has 0 bridgehead atoms. The van der Waals surface area contributed by atoms with E-state index in [1.165, 1.54) is 12.1 Å². The molecule has 0 atom stereocenters. The van der Waals surface area contributed by atoms with Crippen LogP contribution >= 0.6 is 0 Å². The summed E-state index contributed by atoms with van der Waals surface area (Å²) < 4.78 is 28.0. The minimum atomic E-state index is -4.06. The number of primary sulfonamides is 1. The summed E-state index contributed by atoms with van der Waals surface area (Å²) in [5.74, 6) is 1.19. The first-order valence-corrected chi connectivity index (χ1v) is 6.87. The molecule has 7 heteroatoms. The molecule has 0 aromatic heterocycles. The Balaban J connectivity index is 3.04. The van der Waals surface area contributed by atoms with Crippen molar-refractivity contribution in [3.05, 3.63) is 23.8 Å². The van der Waals surface area contributed by atoms with Crippen LogP contribution in [0, 0.1) is 12.3 Å². The average Bonchev–Trinajstić information content (AvgIpc) is 2.33. The SMILES string of the molecule is C#CCCCOc1ccc(C(=O)O)cc1S(N)(=O)=O. The summed E-state index contributed by atoms with van der Waals surface area (Å²) in [6.45, 7) is 0.221. The fraction of sp³-hybridized carbons (Fsp3) is 0.250. The van der Waals surface area contributed by atoms with Crippen LogP contribution in [0.4, 0.5) is 0 Å². The van der Waals surface area contributed by atoms with Crippen LogP contribution in [-0.2, 0) is 10.0 Å². The van der Waals surface area contributed by atoms with E-state index in [4.69, 9.17) is 21.4 Å². The molecule has 0 radical (unpaired) electrons. The summed E-state index contributed by atoms with van der Waals surface area (Å²) in [6, 6.07) is 3.47. The van der Waals surface area contributed by atoms with Gasteiger partial charge in [0.25, 0.3) is 0 Å². The van der Waals surface area contributed by atoms with Gasteiger partial charge in [0.15, 0.2) is 0 Å². The van der Waals surface area contributed by atoms with Gasteiger partial charge in [-0.15, -0.1) is 12.3 Å². The Kier molecular flexibility index (Phi) is 4.92. The molecule has 0 spiro atoms. The minimum absolute atomic E-state index is 0.0181. The molecule has 1 aromatic rings. The molecular weight excluding hydrogens is 270 g/mol. The molecular formula is C12H13NO5S. The van der Waals surface area contributed by atoms with E-state index >= 15 is 0 Å². The highest BCUT2D eigenvalue weighted by Gasteiger charge is 2.18. The number of terminal acetylenes is 1. The number of benzene rings is 1. The lowest BCUT2D eigenvalue weighted by Gasteiger charge is -2.10. The van der Waals surface area contributed by atoms with Crippen LogP contribution in [0.1, 0.15) is 23.2 Å². The van der Waals surface area contributed by atoms with E-state index in [9.17, 15) is 13.2 Å². The summed E-state index contributed by atoms with van der Waals surface area (Å²) in [7, 11) is -4.06. The molecule has 0 heterocycles. The number of nitrogens with two attached hydrogens (primary N) is 1.